The van der Waals surface area contributed by atoms with Crippen LogP contribution in [0.15, 0.2) is 12.5 Å². The zero-order chi connectivity index (χ0) is 17.1. The summed E-state index contributed by atoms with van der Waals surface area (Å²) in [6, 6.07) is 0.682. The fraction of sp³-hybridized carbons (Fsp3) is 0.789. The van der Waals surface area contributed by atoms with Gasteiger partial charge in [0.1, 0.15) is 0 Å². The first-order valence-corrected chi connectivity index (χ1v) is 9.81. The molecule has 3 aliphatic rings. The Hall–Kier alpha value is -1.40. The highest BCUT2D eigenvalue weighted by Gasteiger charge is 2.42. The van der Waals surface area contributed by atoms with Crippen molar-refractivity contribution in [2.45, 2.75) is 51.0 Å². The molecule has 3 aliphatic heterocycles. The molecule has 0 bridgehead atoms. The minimum Gasteiger partial charge on any atom is -0.381 e. The second kappa shape index (κ2) is 7.46. The van der Waals surface area contributed by atoms with Crippen LogP contribution < -0.4 is 0 Å². The van der Waals surface area contributed by atoms with Gasteiger partial charge in [-0.15, -0.1) is 0 Å². The van der Waals surface area contributed by atoms with Gasteiger partial charge in [0, 0.05) is 69.0 Å². The number of likely N-dealkylation sites (tertiary alicyclic amines) is 2. The standard InChI is InChI=1S/C19H30N4O2/c24-18-2-7-19(14-23(18)9-3-16-12-20-15-21-16)6-1-8-22(13-19)17-4-10-25-11-5-17/h12,15,17H,1-11,13-14H2,(H,20,21)/t19-/m1/s1. The van der Waals surface area contributed by atoms with E-state index >= 15 is 0 Å². The Kier molecular flexibility index (Phi) is 5.08. The summed E-state index contributed by atoms with van der Waals surface area (Å²) in [5.74, 6) is 0.327. The molecule has 138 valence electrons. The quantitative estimate of drug-likeness (QED) is 0.904. The third kappa shape index (κ3) is 3.90. The predicted molar refractivity (Wildman–Crippen MR) is 95.2 cm³/mol. The van der Waals surface area contributed by atoms with E-state index in [1.807, 2.05) is 6.20 Å². The fourth-order valence-corrected chi connectivity index (χ4v) is 4.92. The number of carbonyl (C=O) groups is 1. The largest absolute Gasteiger partial charge is 0.381 e. The van der Waals surface area contributed by atoms with Gasteiger partial charge >= 0.3 is 0 Å². The van der Waals surface area contributed by atoms with Crippen molar-refractivity contribution in [2.75, 3.05) is 39.4 Å². The normalized spacial score (nSPS) is 29.4. The Morgan fingerprint density at radius 2 is 2.16 bits per heavy atom. The lowest BCUT2D eigenvalue weighted by Gasteiger charge is -2.50. The number of hydrogen-bond donors (Lipinski definition) is 1. The Bertz CT molecular complexity index is 570. The Morgan fingerprint density at radius 1 is 1.28 bits per heavy atom. The number of H-pyrrole nitrogens is 1. The van der Waals surface area contributed by atoms with Crippen molar-refractivity contribution in [2.24, 2.45) is 5.41 Å². The topological polar surface area (TPSA) is 61.5 Å². The first-order chi connectivity index (χ1) is 12.2. The summed E-state index contributed by atoms with van der Waals surface area (Å²) >= 11 is 0. The number of rotatable bonds is 4. The highest BCUT2D eigenvalue weighted by molar-refractivity contribution is 5.77. The molecule has 6 heteroatoms. The van der Waals surface area contributed by atoms with Gasteiger partial charge in [-0.3, -0.25) is 9.69 Å². The number of nitrogens with zero attached hydrogens (tertiary/aromatic N) is 3. The van der Waals surface area contributed by atoms with Gasteiger partial charge in [-0.05, 0) is 38.6 Å². The maximum absolute atomic E-state index is 12.4. The molecule has 0 aromatic carbocycles. The molecule has 4 rings (SSSR count). The first kappa shape index (κ1) is 17.0. The molecular formula is C19H30N4O2. The Balaban J connectivity index is 1.38. The van der Waals surface area contributed by atoms with Gasteiger partial charge < -0.3 is 14.6 Å². The Labute approximate surface area is 149 Å². The molecule has 1 spiro atoms. The number of nitrogens with one attached hydrogen (secondary N) is 1. The molecular weight excluding hydrogens is 316 g/mol. The maximum atomic E-state index is 12.4. The Morgan fingerprint density at radius 3 is 2.96 bits per heavy atom. The number of aromatic amines is 1. The van der Waals surface area contributed by atoms with Crippen LogP contribution in [0.1, 0.15) is 44.2 Å². The van der Waals surface area contributed by atoms with Crippen molar-refractivity contribution in [3.63, 3.8) is 0 Å². The summed E-state index contributed by atoms with van der Waals surface area (Å²) < 4.78 is 5.54. The van der Waals surface area contributed by atoms with Crippen LogP contribution in [0.25, 0.3) is 0 Å². The lowest BCUT2D eigenvalue weighted by Crippen LogP contribution is -2.56. The molecule has 0 saturated carbocycles. The van der Waals surface area contributed by atoms with Crippen molar-refractivity contribution >= 4 is 5.91 Å². The lowest BCUT2D eigenvalue weighted by molar-refractivity contribution is -0.140. The van der Waals surface area contributed by atoms with Gasteiger partial charge in [0.25, 0.3) is 0 Å². The third-order valence-corrected chi connectivity index (χ3v) is 6.35. The molecule has 1 aromatic heterocycles. The number of carbonyl (C=O) groups excluding carboxylic acids is 1. The van der Waals surface area contributed by atoms with Crippen molar-refractivity contribution < 1.29 is 9.53 Å². The van der Waals surface area contributed by atoms with Gasteiger partial charge in [-0.1, -0.05) is 0 Å². The smallest absolute Gasteiger partial charge is 0.222 e. The highest BCUT2D eigenvalue weighted by Crippen LogP contribution is 2.40. The van der Waals surface area contributed by atoms with E-state index in [0.717, 1.165) is 51.4 Å². The van der Waals surface area contributed by atoms with Gasteiger partial charge in [0.15, 0.2) is 0 Å². The van der Waals surface area contributed by atoms with E-state index in [0.29, 0.717) is 23.8 Å². The van der Waals surface area contributed by atoms with E-state index in [9.17, 15) is 4.79 Å². The van der Waals surface area contributed by atoms with Crippen LogP contribution in [-0.4, -0.2) is 71.1 Å². The molecule has 1 atom stereocenters. The summed E-state index contributed by atoms with van der Waals surface area (Å²) in [5.41, 5.74) is 1.42. The lowest BCUT2D eigenvalue weighted by atomic mass is 9.73. The fourth-order valence-electron chi connectivity index (χ4n) is 4.92. The van der Waals surface area contributed by atoms with E-state index < -0.39 is 0 Å². The summed E-state index contributed by atoms with van der Waals surface area (Å²) in [6.07, 6.45) is 11.1. The van der Waals surface area contributed by atoms with Crippen LogP contribution in [-0.2, 0) is 16.0 Å². The minimum atomic E-state index is 0.304. The zero-order valence-corrected chi connectivity index (χ0v) is 15.1. The van der Waals surface area contributed by atoms with Crippen molar-refractivity contribution in [1.82, 2.24) is 19.8 Å². The second-order valence-corrected chi connectivity index (χ2v) is 8.06. The maximum Gasteiger partial charge on any atom is 0.222 e. The average molecular weight is 346 g/mol. The zero-order valence-electron chi connectivity index (χ0n) is 15.1. The van der Waals surface area contributed by atoms with Crippen molar-refractivity contribution in [3.05, 3.63) is 18.2 Å². The molecule has 3 fully saturated rings. The number of hydrogen-bond acceptors (Lipinski definition) is 4. The molecule has 0 aliphatic carbocycles. The summed E-state index contributed by atoms with van der Waals surface area (Å²) in [7, 11) is 0. The van der Waals surface area contributed by atoms with E-state index in [2.05, 4.69) is 19.8 Å². The SMILES string of the molecule is O=C1CC[C@@]2(CCCN(C3CCOCC3)C2)CN1CCc1cnc[nH]1. The summed E-state index contributed by atoms with van der Waals surface area (Å²) in [4.78, 5) is 24.5. The molecule has 6 nitrogen and oxygen atoms in total. The molecule has 25 heavy (non-hydrogen) atoms. The van der Waals surface area contributed by atoms with Crippen molar-refractivity contribution in [3.8, 4) is 0 Å². The predicted octanol–water partition coefficient (Wildman–Crippen LogP) is 1.84. The number of aromatic nitrogens is 2. The van der Waals surface area contributed by atoms with Crippen LogP contribution in [0, 0.1) is 5.41 Å². The summed E-state index contributed by atoms with van der Waals surface area (Å²) in [6.45, 7) is 5.92. The number of piperidine rings is 2. The molecule has 1 aromatic rings. The van der Waals surface area contributed by atoms with Crippen LogP contribution >= 0.6 is 0 Å². The number of amides is 1. The van der Waals surface area contributed by atoms with Crippen LogP contribution in [0.2, 0.25) is 0 Å². The molecule has 0 radical (unpaired) electrons. The van der Waals surface area contributed by atoms with E-state index in [4.69, 9.17) is 4.74 Å². The summed E-state index contributed by atoms with van der Waals surface area (Å²) in [5, 5.41) is 0. The molecule has 0 unspecified atom stereocenters. The van der Waals surface area contributed by atoms with E-state index in [1.165, 1.54) is 32.2 Å². The van der Waals surface area contributed by atoms with E-state index in [-0.39, 0.29) is 0 Å². The molecule has 3 saturated heterocycles. The highest BCUT2D eigenvalue weighted by atomic mass is 16.5. The van der Waals surface area contributed by atoms with Gasteiger partial charge in [0.05, 0.1) is 6.33 Å². The van der Waals surface area contributed by atoms with Crippen LogP contribution in [0.5, 0.6) is 0 Å². The van der Waals surface area contributed by atoms with Crippen LogP contribution in [0.3, 0.4) is 0 Å². The molecule has 1 N–H and O–H groups in total. The second-order valence-electron chi connectivity index (χ2n) is 8.06. The van der Waals surface area contributed by atoms with Gasteiger partial charge in [-0.25, -0.2) is 4.98 Å². The van der Waals surface area contributed by atoms with Gasteiger partial charge in [0.2, 0.25) is 5.91 Å². The molecule has 4 heterocycles. The third-order valence-electron chi connectivity index (χ3n) is 6.35. The van der Waals surface area contributed by atoms with Crippen molar-refractivity contribution in [1.29, 1.82) is 0 Å². The average Bonchev–Trinajstić information content (AvgIpc) is 3.17. The monoisotopic (exact) mass is 346 g/mol. The van der Waals surface area contributed by atoms with Crippen LogP contribution in [0.4, 0.5) is 0 Å². The molecule has 1 amide bonds. The van der Waals surface area contributed by atoms with E-state index in [1.54, 1.807) is 6.33 Å². The number of ether oxygens (including phenoxy) is 1. The number of imidazole rings is 1. The van der Waals surface area contributed by atoms with Gasteiger partial charge in [-0.2, -0.15) is 0 Å². The first-order valence-electron chi connectivity index (χ1n) is 9.81. The minimum absolute atomic E-state index is 0.304.